The summed E-state index contributed by atoms with van der Waals surface area (Å²) in [5, 5.41) is 6.16. The Morgan fingerprint density at radius 1 is 1.35 bits per heavy atom. The van der Waals surface area contributed by atoms with E-state index in [2.05, 4.69) is 15.6 Å². The zero-order valence-electron chi connectivity index (χ0n) is 12.9. The maximum Gasteiger partial charge on any atom is 0.257 e. The van der Waals surface area contributed by atoms with Crippen LogP contribution in [0.4, 0.5) is 15.9 Å². The van der Waals surface area contributed by atoms with Gasteiger partial charge in [-0.15, -0.1) is 0 Å². The molecule has 0 radical (unpaired) electrons. The normalized spacial score (nSPS) is 17.0. The predicted molar refractivity (Wildman–Crippen MR) is 87.3 cm³/mol. The molecule has 1 aliphatic rings. The fraction of sp³-hybridized carbons (Fsp3) is 0.294. The van der Waals surface area contributed by atoms with Crippen LogP contribution in [0.5, 0.6) is 0 Å². The van der Waals surface area contributed by atoms with Crippen LogP contribution in [0.3, 0.4) is 0 Å². The minimum atomic E-state index is -0.384. The zero-order valence-corrected chi connectivity index (χ0v) is 12.9. The lowest BCUT2D eigenvalue weighted by Crippen LogP contribution is -2.38. The highest BCUT2D eigenvalue weighted by Gasteiger charge is 2.26. The van der Waals surface area contributed by atoms with Crippen molar-refractivity contribution in [2.45, 2.75) is 12.5 Å². The Morgan fingerprint density at radius 2 is 2.17 bits per heavy atom. The van der Waals surface area contributed by atoms with Gasteiger partial charge in [0.1, 0.15) is 11.6 Å². The van der Waals surface area contributed by atoms with Crippen LogP contribution in [0.15, 0.2) is 42.6 Å². The molecule has 0 bridgehead atoms. The van der Waals surface area contributed by atoms with Gasteiger partial charge in [-0.1, -0.05) is 12.1 Å². The number of hydrogen-bond donors (Lipinski definition) is 2. The van der Waals surface area contributed by atoms with Crippen molar-refractivity contribution in [3.63, 3.8) is 0 Å². The lowest BCUT2D eigenvalue weighted by atomic mass is 10.1. The molecule has 0 spiro atoms. The molecule has 2 N–H and O–H groups in total. The maximum atomic E-state index is 13.8. The maximum absolute atomic E-state index is 13.8. The fourth-order valence-electron chi connectivity index (χ4n) is 2.69. The van der Waals surface area contributed by atoms with Gasteiger partial charge in [-0.05, 0) is 37.2 Å². The van der Waals surface area contributed by atoms with Crippen molar-refractivity contribution in [3.05, 3.63) is 54.0 Å². The SMILES string of the molecule is CN(C(=O)c1cccnc1Nc1ccccc1F)C1CCNC1. The van der Waals surface area contributed by atoms with Gasteiger partial charge in [0.05, 0.1) is 11.3 Å². The van der Waals surface area contributed by atoms with E-state index in [1.54, 1.807) is 48.5 Å². The molecule has 1 aromatic heterocycles. The number of pyridine rings is 1. The number of halogens is 1. The van der Waals surface area contributed by atoms with Crippen molar-refractivity contribution in [2.75, 3.05) is 25.5 Å². The highest BCUT2D eigenvalue weighted by Crippen LogP contribution is 2.22. The quantitative estimate of drug-likeness (QED) is 0.910. The first-order chi connectivity index (χ1) is 11.2. The van der Waals surface area contributed by atoms with Crippen LogP contribution in [-0.2, 0) is 0 Å². The van der Waals surface area contributed by atoms with Crippen molar-refractivity contribution in [1.82, 2.24) is 15.2 Å². The number of carbonyl (C=O) groups excluding carboxylic acids is 1. The summed E-state index contributed by atoms with van der Waals surface area (Å²) >= 11 is 0. The summed E-state index contributed by atoms with van der Waals surface area (Å²) in [6, 6.07) is 9.91. The zero-order chi connectivity index (χ0) is 16.2. The number of aromatic nitrogens is 1. The van der Waals surface area contributed by atoms with Crippen molar-refractivity contribution in [2.24, 2.45) is 0 Å². The number of nitrogens with one attached hydrogen (secondary N) is 2. The molecule has 1 amide bonds. The minimum absolute atomic E-state index is 0.120. The second-order valence-corrected chi connectivity index (χ2v) is 5.57. The highest BCUT2D eigenvalue weighted by molar-refractivity contribution is 5.99. The second-order valence-electron chi connectivity index (χ2n) is 5.57. The topological polar surface area (TPSA) is 57.3 Å². The third-order valence-corrected chi connectivity index (χ3v) is 4.07. The van der Waals surface area contributed by atoms with Gasteiger partial charge >= 0.3 is 0 Å². The molecule has 1 aromatic carbocycles. The molecule has 1 unspecified atom stereocenters. The highest BCUT2D eigenvalue weighted by atomic mass is 19.1. The van der Waals surface area contributed by atoms with Gasteiger partial charge in [0.15, 0.2) is 0 Å². The number of amides is 1. The van der Waals surface area contributed by atoms with Crippen molar-refractivity contribution >= 4 is 17.4 Å². The van der Waals surface area contributed by atoms with Crippen LogP contribution in [-0.4, -0.2) is 42.0 Å². The standard InChI is InChI=1S/C17H19FN4O/c1-22(12-8-10-19-11-12)17(23)13-5-4-9-20-16(13)21-15-7-3-2-6-14(15)18/h2-7,9,12,19H,8,10-11H2,1H3,(H,20,21). The number of anilines is 2. The Labute approximate surface area is 134 Å². The largest absolute Gasteiger partial charge is 0.337 e. The molecule has 1 fully saturated rings. The molecule has 120 valence electrons. The summed E-state index contributed by atoms with van der Waals surface area (Å²) < 4.78 is 13.8. The first-order valence-electron chi connectivity index (χ1n) is 7.61. The number of benzene rings is 1. The van der Waals surface area contributed by atoms with E-state index < -0.39 is 0 Å². The minimum Gasteiger partial charge on any atom is -0.337 e. The van der Waals surface area contributed by atoms with E-state index in [9.17, 15) is 9.18 Å². The number of carbonyl (C=O) groups is 1. The van der Waals surface area contributed by atoms with Crippen molar-refractivity contribution < 1.29 is 9.18 Å². The van der Waals surface area contributed by atoms with Gasteiger partial charge in [-0.2, -0.15) is 0 Å². The Kier molecular flexibility index (Phi) is 4.52. The van der Waals surface area contributed by atoms with Crippen LogP contribution in [0.25, 0.3) is 0 Å². The molecule has 5 nitrogen and oxygen atoms in total. The summed E-state index contributed by atoms with van der Waals surface area (Å²) in [5.74, 6) is -0.143. The molecule has 1 saturated heterocycles. The summed E-state index contributed by atoms with van der Waals surface area (Å²) in [7, 11) is 1.79. The Hall–Kier alpha value is -2.47. The van der Waals surface area contributed by atoms with E-state index in [0.29, 0.717) is 17.1 Å². The number of nitrogens with zero attached hydrogens (tertiary/aromatic N) is 2. The van der Waals surface area contributed by atoms with Crippen molar-refractivity contribution in [3.8, 4) is 0 Å². The van der Waals surface area contributed by atoms with Gasteiger partial charge in [0, 0.05) is 25.8 Å². The molecule has 2 heterocycles. The van der Waals surface area contributed by atoms with E-state index in [1.807, 2.05) is 0 Å². The molecule has 0 saturated carbocycles. The molecule has 0 aliphatic carbocycles. The van der Waals surface area contributed by atoms with Gasteiger partial charge in [-0.25, -0.2) is 9.37 Å². The third kappa shape index (κ3) is 3.32. The van der Waals surface area contributed by atoms with Crippen LogP contribution in [0.1, 0.15) is 16.8 Å². The lowest BCUT2D eigenvalue weighted by Gasteiger charge is -2.24. The average molecular weight is 314 g/mol. The molecule has 2 aromatic rings. The first-order valence-corrected chi connectivity index (χ1v) is 7.61. The van der Waals surface area contributed by atoms with Crippen LogP contribution < -0.4 is 10.6 Å². The van der Waals surface area contributed by atoms with Gasteiger partial charge in [-0.3, -0.25) is 4.79 Å². The average Bonchev–Trinajstić information content (AvgIpc) is 3.11. The molecular weight excluding hydrogens is 295 g/mol. The van der Waals surface area contributed by atoms with Crippen molar-refractivity contribution in [1.29, 1.82) is 0 Å². The molecule has 1 aliphatic heterocycles. The summed E-state index contributed by atoms with van der Waals surface area (Å²) in [4.78, 5) is 18.7. The van der Waals surface area contributed by atoms with E-state index in [1.165, 1.54) is 6.07 Å². The summed E-state index contributed by atoms with van der Waals surface area (Å²) in [5.41, 5.74) is 0.732. The number of likely N-dealkylation sites (N-methyl/N-ethyl adjacent to an activating group) is 1. The molecule has 3 rings (SSSR count). The smallest absolute Gasteiger partial charge is 0.257 e. The Morgan fingerprint density at radius 3 is 2.91 bits per heavy atom. The Bertz CT molecular complexity index is 700. The van der Waals surface area contributed by atoms with Gasteiger partial charge < -0.3 is 15.5 Å². The number of rotatable bonds is 4. The van der Waals surface area contributed by atoms with Crippen LogP contribution in [0.2, 0.25) is 0 Å². The van der Waals surface area contributed by atoms with Crippen LogP contribution in [0, 0.1) is 5.82 Å². The Balaban J connectivity index is 1.85. The molecule has 1 atom stereocenters. The van der Waals surface area contributed by atoms with Gasteiger partial charge in [0.2, 0.25) is 0 Å². The summed E-state index contributed by atoms with van der Waals surface area (Å²) in [6.07, 6.45) is 2.51. The third-order valence-electron chi connectivity index (χ3n) is 4.07. The number of hydrogen-bond acceptors (Lipinski definition) is 4. The monoisotopic (exact) mass is 314 g/mol. The second kappa shape index (κ2) is 6.75. The fourth-order valence-corrected chi connectivity index (χ4v) is 2.69. The molecule has 23 heavy (non-hydrogen) atoms. The molecular formula is C17H19FN4O. The van der Waals surface area contributed by atoms with E-state index >= 15 is 0 Å². The van der Waals surface area contributed by atoms with E-state index in [0.717, 1.165) is 19.5 Å². The predicted octanol–water partition coefficient (Wildman–Crippen LogP) is 2.40. The van der Waals surface area contributed by atoms with Crippen LogP contribution >= 0.6 is 0 Å². The number of para-hydroxylation sites is 1. The van der Waals surface area contributed by atoms with E-state index in [4.69, 9.17) is 0 Å². The molecule has 6 heteroatoms. The first kappa shape index (κ1) is 15.4. The van der Waals surface area contributed by atoms with Gasteiger partial charge in [0.25, 0.3) is 5.91 Å². The summed E-state index contributed by atoms with van der Waals surface area (Å²) in [6.45, 7) is 1.70. The lowest BCUT2D eigenvalue weighted by molar-refractivity contribution is 0.0744. The van der Waals surface area contributed by atoms with E-state index in [-0.39, 0.29) is 17.8 Å².